The Kier molecular flexibility index (Phi) is 6.06. The Hall–Kier alpha value is -1.07. The fraction of sp³-hybridized carbons (Fsp3) is 0.600. The minimum Gasteiger partial charge on any atom is -0.347 e. The summed E-state index contributed by atoms with van der Waals surface area (Å²) in [5.41, 5.74) is 6.78. The second-order valence-corrected chi connectivity index (χ2v) is 3.97. The van der Waals surface area contributed by atoms with Gasteiger partial charge in [0.2, 0.25) is 0 Å². The summed E-state index contributed by atoms with van der Waals surface area (Å²) in [7, 11) is 0. The molecule has 92 valence electrons. The van der Waals surface area contributed by atoms with Gasteiger partial charge in [0.05, 0.1) is 0 Å². The lowest BCUT2D eigenvalue weighted by Crippen LogP contribution is -2.37. The van der Waals surface area contributed by atoms with Crippen LogP contribution in [0.2, 0.25) is 0 Å². The molecule has 0 saturated heterocycles. The smallest absolute Gasteiger partial charge is 0.272 e. The van der Waals surface area contributed by atoms with Gasteiger partial charge in [-0.15, -0.1) is 12.4 Å². The van der Waals surface area contributed by atoms with Gasteiger partial charge in [0.1, 0.15) is 5.69 Å². The number of hydrogen-bond donors (Lipinski definition) is 3. The predicted octanol–water partition coefficient (Wildman–Crippen LogP) is 1.03. The average molecular weight is 247 g/mol. The Balaban J connectivity index is 0.00000225. The first kappa shape index (κ1) is 14.9. The quantitative estimate of drug-likeness (QED) is 0.742. The van der Waals surface area contributed by atoms with E-state index in [0.717, 1.165) is 5.69 Å². The summed E-state index contributed by atoms with van der Waals surface area (Å²) in [6.45, 7) is 6.36. The summed E-state index contributed by atoms with van der Waals surface area (Å²) in [6, 6.07) is 1.74. The molecule has 1 heterocycles. The molecule has 0 unspecified atom stereocenters. The molecular formula is C10H19ClN4O. The maximum Gasteiger partial charge on any atom is 0.272 e. The molecule has 0 aromatic carbocycles. The number of rotatable bonds is 4. The van der Waals surface area contributed by atoms with E-state index in [1.54, 1.807) is 6.07 Å². The van der Waals surface area contributed by atoms with Crippen molar-refractivity contribution >= 4 is 18.3 Å². The van der Waals surface area contributed by atoms with Gasteiger partial charge in [-0.25, -0.2) is 0 Å². The number of aromatic amines is 1. The van der Waals surface area contributed by atoms with Crippen molar-refractivity contribution in [2.45, 2.75) is 32.7 Å². The van der Waals surface area contributed by atoms with Gasteiger partial charge in [-0.2, -0.15) is 5.10 Å². The Morgan fingerprint density at radius 3 is 2.62 bits per heavy atom. The average Bonchev–Trinajstić information content (AvgIpc) is 2.66. The van der Waals surface area contributed by atoms with E-state index in [1.807, 2.05) is 20.8 Å². The monoisotopic (exact) mass is 246 g/mol. The van der Waals surface area contributed by atoms with Crippen LogP contribution in [-0.2, 0) is 0 Å². The van der Waals surface area contributed by atoms with Crippen LogP contribution < -0.4 is 11.1 Å². The van der Waals surface area contributed by atoms with Gasteiger partial charge in [0.25, 0.3) is 5.91 Å². The van der Waals surface area contributed by atoms with E-state index >= 15 is 0 Å². The zero-order chi connectivity index (χ0) is 11.4. The lowest BCUT2D eigenvalue weighted by Gasteiger charge is -2.08. The Labute approximate surface area is 102 Å². The van der Waals surface area contributed by atoms with Crippen LogP contribution >= 0.6 is 12.4 Å². The fourth-order valence-corrected chi connectivity index (χ4v) is 1.11. The first-order valence-corrected chi connectivity index (χ1v) is 5.10. The number of nitrogens with two attached hydrogens (primary N) is 1. The molecule has 0 radical (unpaired) electrons. The molecule has 1 atom stereocenters. The summed E-state index contributed by atoms with van der Waals surface area (Å²) in [5, 5.41) is 9.53. The minimum absolute atomic E-state index is 0. The molecule has 16 heavy (non-hydrogen) atoms. The topological polar surface area (TPSA) is 83.8 Å². The first-order chi connectivity index (χ1) is 7.04. The number of aromatic nitrogens is 2. The van der Waals surface area contributed by atoms with Gasteiger partial charge < -0.3 is 11.1 Å². The molecule has 0 bridgehead atoms. The standard InChI is InChI=1S/C10H18N4O.ClH/c1-6(2)8-4-9(14-13-8)10(15)12-7(3)5-11;/h4,6-7H,5,11H2,1-3H3,(H,12,15)(H,13,14);1H/t7-;/m1./s1. The SMILES string of the molecule is CC(C)c1cc(C(=O)N[C@H](C)CN)n[nH]1.Cl. The molecular weight excluding hydrogens is 228 g/mol. The first-order valence-electron chi connectivity index (χ1n) is 5.10. The third-order valence-electron chi connectivity index (χ3n) is 2.18. The lowest BCUT2D eigenvalue weighted by atomic mass is 10.1. The number of hydrogen-bond acceptors (Lipinski definition) is 3. The maximum absolute atomic E-state index is 11.6. The Morgan fingerprint density at radius 2 is 2.19 bits per heavy atom. The van der Waals surface area contributed by atoms with Crippen molar-refractivity contribution in [1.29, 1.82) is 0 Å². The van der Waals surface area contributed by atoms with E-state index in [-0.39, 0.29) is 24.4 Å². The number of amides is 1. The minimum atomic E-state index is -0.184. The van der Waals surface area contributed by atoms with Crippen molar-refractivity contribution < 1.29 is 4.79 Å². The van der Waals surface area contributed by atoms with Gasteiger partial charge in [-0.1, -0.05) is 13.8 Å². The zero-order valence-electron chi connectivity index (χ0n) is 9.78. The van der Waals surface area contributed by atoms with Gasteiger partial charge >= 0.3 is 0 Å². The van der Waals surface area contributed by atoms with E-state index in [4.69, 9.17) is 5.73 Å². The van der Waals surface area contributed by atoms with Crippen molar-refractivity contribution in [3.8, 4) is 0 Å². The van der Waals surface area contributed by atoms with Gasteiger partial charge in [0.15, 0.2) is 0 Å². The molecule has 0 saturated carbocycles. The molecule has 1 amide bonds. The molecule has 1 aromatic heterocycles. The molecule has 0 spiro atoms. The molecule has 1 rings (SSSR count). The highest BCUT2D eigenvalue weighted by Gasteiger charge is 2.13. The van der Waals surface area contributed by atoms with Crippen LogP contribution in [0.25, 0.3) is 0 Å². The predicted molar refractivity (Wildman–Crippen MR) is 65.9 cm³/mol. The third-order valence-corrected chi connectivity index (χ3v) is 2.18. The Morgan fingerprint density at radius 1 is 1.56 bits per heavy atom. The van der Waals surface area contributed by atoms with Crippen LogP contribution in [0.1, 0.15) is 42.9 Å². The maximum atomic E-state index is 11.6. The molecule has 1 aromatic rings. The largest absolute Gasteiger partial charge is 0.347 e. The lowest BCUT2D eigenvalue weighted by molar-refractivity contribution is 0.0936. The molecule has 0 aliphatic heterocycles. The van der Waals surface area contributed by atoms with Crippen molar-refractivity contribution in [2.24, 2.45) is 5.73 Å². The highest BCUT2D eigenvalue weighted by molar-refractivity contribution is 5.92. The van der Waals surface area contributed by atoms with E-state index in [9.17, 15) is 4.79 Å². The Bertz CT molecular complexity index is 337. The number of nitrogens with one attached hydrogen (secondary N) is 2. The second kappa shape index (κ2) is 6.50. The van der Waals surface area contributed by atoms with Crippen LogP contribution in [0, 0.1) is 0 Å². The van der Waals surface area contributed by atoms with Crippen molar-refractivity contribution in [2.75, 3.05) is 6.54 Å². The third kappa shape index (κ3) is 3.83. The molecule has 4 N–H and O–H groups in total. The number of halogens is 1. The van der Waals surface area contributed by atoms with Crippen LogP contribution in [0.5, 0.6) is 0 Å². The highest BCUT2D eigenvalue weighted by atomic mass is 35.5. The number of carbonyl (C=O) groups excluding carboxylic acids is 1. The fourth-order valence-electron chi connectivity index (χ4n) is 1.11. The molecule has 0 aliphatic rings. The molecule has 0 aliphatic carbocycles. The molecule has 5 nitrogen and oxygen atoms in total. The molecule has 6 heteroatoms. The van der Waals surface area contributed by atoms with Crippen LogP contribution in [0.4, 0.5) is 0 Å². The van der Waals surface area contributed by atoms with Gasteiger partial charge in [-0.3, -0.25) is 9.89 Å². The zero-order valence-corrected chi connectivity index (χ0v) is 10.6. The van der Waals surface area contributed by atoms with E-state index in [2.05, 4.69) is 15.5 Å². The summed E-state index contributed by atoms with van der Waals surface area (Å²) >= 11 is 0. The summed E-state index contributed by atoms with van der Waals surface area (Å²) in [5.74, 6) is 0.155. The van der Waals surface area contributed by atoms with Crippen LogP contribution in [0.15, 0.2) is 6.07 Å². The van der Waals surface area contributed by atoms with E-state index in [1.165, 1.54) is 0 Å². The number of nitrogens with zero attached hydrogens (tertiary/aromatic N) is 1. The summed E-state index contributed by atoms with van der Waals surface area (Å²) in [4.78, 5) is 11.6. The summed E-state index contributed by atoms with van der Waals surface area (Å²) < 4.78 is 0. The van der Waals surface area contributed by atoms with Crippen LogP contribution in [0.3, 0.4) is 0 Å². The normalized spacial score (nSPS) is 12.1. The van der Waals surface area contributed by atoms with Gasteiger partial charge in [0, 0.05) is 18.3 Å². The van der Waals surface area contributed by atoms with Crippen molar-refractivity contribution in [1.82, 2.24) is 15.5 Å². The number of H-pyrrole nitrogens is 1. The molecule has 0 fully saturated rings. The van der Waals surface area contributed by atoms with Crippen molar-refractivity contribution in [3.05, 3.63) is 17.5 Å². The van der Waals surface area contributed by atoms with Crippen LogP contribution in [-0.4, -0.2) is 28.7 Å². The van der Waals surface area contributed by atoms with Crippen molar-refractivity contribution in [3.63, 3.8) is 0 Å². The van der Waals surface area contributed by atoms with E-state index in [0.29, 0.717) is 18.2 Å². The number of carbonyl (C=O) groups is 1. The highest BCUT2D eigenvalue weighted by Crippen LogP contribution is 2.11. The van der Waals surface area contributed by atoms with Gasteiger partial charge in [-0.05, 0) is 18.9 Å². The second-order valence-electron chi connectivity index (χ2n) is 3.97. The van der Waals surface area contributed by atoms with E-state index < -0.39 is 0 Å². The summed E-state index contributed by atoms with van der Waals surface area (Å²) in [6.07, 6.45) is 0.